The number of hydrogen-bond donors (Lipinski definition) is 0. The average molecular weight is 376 g/mol. The molecule has 27 heavy (non-hydrogen) atoms. The van der Waals surface area contributed by atoms with Gasteiger partial charge in [0, 0.05) is 0 Å². The van der Waals surface area contributed by atoms with E-state index < -0.39 is 5.97 Å². The van der Waals surface area contributed by atoms with Crippen LogP contribution in [0, 0.1) is 5.92 Å². The van der Waals surface area contributed by atoms with Crippen molar-refractivity contribution in [2.45, 2.75) is 45.8 Å². The number of esters is 1. The molecule has 0 aromatic rings. The monoisotopic (exact) mass is 376 g/mol. The van der Waals surface area contributed by atoms with Crippen molar-refractivity contribution in [1.29, 1.82) is 0 Å². The van der Waals surface area contributed by atoms with Gasteiger partial charge in [-0.2, -0.15) is 0 Å². The first-order valence-electron chi connectivity index (χ1n) is 8.95. The quantitative estimate of drug-likeness (QED) is 0.140. The fourth-order valence-electron chi connectivity index (χ4n) is 2.80. The topological polar surface area (TPSA) is 57.3 Å². The zero-order valence-electron chi connectivity index (χ0n) is 17.5. The van der Waals surface area contributed by atoms with Crippen LogP contribution in [0.15, 0.2) is 59.6 Å². The van der Waals surface area contributed by atoms with Crippen molar-refractivity contribution in [2.24, 2.45) is 5.92 Å². The summed E-state index contributed by atoms with van der Waals surface area (Å²) in [5.74, 6) is 0.641. The molecule has 1 rings (SSSR count). The largest absolute Gasteiger partial charge is 0.493 e. The van der Waals surface area contributed by atoms with Gasteiger partial charge in [-0.3, -0.25) is 0 Å². The van der Waals surface area contributed by atoms with Crippen LogP contribution in [0.4, 0.5) is 0 Å². The molecular weight excluding hydrogens is 344 g/mol. The third-order valence-electron chi connectivity index (χ3n) is 4.74. The summed E-state index contributed by atoms with van der Waals surface area (Å²) in [6.07, 6.45) is 10.1. The summed E-state index contributed by atoms with van der Waals surface area (Å²) in [6, 6.07) is 0. The normalized spacial score (nSPS) is 24.9. The Labute approximate surface area is 163 Å². The summed E-state index contributed by atoms with van der Waals surface area (Å²) >= 11 is 0. The lowest BCUT2D eigenvalue weighted by Crippen LogP contribution is -2.14. The van der Waals surface area contributed by atoms with Crippen LogP contribution >= 0.6 is 0 Å². The molecule has 0 N–H and O–H groups in total. The Morgan fingerprint density at radius 2 is 1.70 bits per heavy atom. The van der Waals surface area contributed by atoms with Crippen LogP contribution in [-0.4, -0.2) is 39.0 Å². The van der Waals surface area contributed by atoms with E-state index in [0.717, 1.165) is 12.0 Å². The first-order valence-corrected chi connectivity index (χ1v) is 8.95. The third-order valence-corrected chi connectivity index (χ3v) is 4.74. The van der Waals surface area contributed by atoms with Gasteiger partial charge in [0.05, 0.1) is 33.0 Å². The second kappa shape index (κ2) is 10.2. The second-order valence-electron chi connectivity index (χ2n) is 6.96. The van der Waals surface area contributed by atoms with Crippen molar-refractivity contribution in [3.8, 4) is 0 Å². The molecule has 5 heteroatoms. The lowest BCUT2D eigenvalue weighted by atomic mass is 9.89. The SMILES string of the molecule is C=CC1OC1(C)CC(C)/C(C)=C/C=C(C)\C=C(OC)\C(=C\C(=O)OC)OC. The zero-order chi connectivity index (χ0) is 20.6. The van der Waals surface area contributed by atoms with Crippen LogP contribution in [-0.2, 0) is 23.7 Å². The first kappa shape index (κ1) is 22.8. The van der Waals surface area contributed by atoms with E-state index in [2.05, 4.69) is 38.2 Å². The summed E-state index contributed by atoms with van der Waals surface area (Å²) in [5, 5.41) is 0. The summed E-state index contributed by atoms with van der Waals surface area (Å²) in [5.41, 5.74) is 2.13. The highest BCUT2D eigenvalue weighted by molar-refractivity contribution is 5.83. The van der Waals surface area contributed by atoms with Crippen LogP contribution in [0.1, 0.15) is 34.1 Å². The van der Waals surface area contributed by atoms with E-state index in [1.165, 1.54) is 33.0 Å². The van der Waals surface area contributed by atoms with Crippen molar-refractivity contribution in [1.82, 2.24) is 0 Å². The van der Waals surface area contributed by atoms with Gasteiger partial charge in [-0.25, -0.2) is 4.79 Å². The maximum atomic E-state index is 11.4. The maximum absolute atomic E-state index is 11.4. The lowest BCUT2D eigenvalue weighted by Gasteiger charge is -2.15. The van der Waals surface area contributed by atoms with Crippen molar-refractivity contribution in [3.63, 3.8) is 0 Å². The molecule has 150 valence electrons. The van der Waals surface area contributed by atoms with Gasteiger partial charge in [0.15, 0.2) is 11.5 Å². The Morgan fingerprint density at radius 1 is 1.11 bits per heavy atom. The molecule has 5 nitrogen and oxygen atoms in total. The van der Waals surface area contributed by atoms with E-state index >= 15 is 0 Å². The van der Waals surface area contributed by atoms with E-state index in [1.54, 1.807) is 0 Å². The molecule has 3 unspecified atom stereocenters. The van der Waals surface area contributed by atoms with Gasteiger partial charge in [0.25, 0.3) is 0 Å². The van der Waals surface area contributed by atoms with Gasteiger partial charge < -0.3 is 18.9 Å². The molecule has 0 aromatic heterocycles. The molecule has 0 aromatic carbocycles. The van der Waals surface area contributed by atoms with Gasteiger partial charge in [0.2, 0.25) is 0 Å². The van der Waals surface area contributed by atoms with Gasteiger partial charge >= 0.3 is 5.97 Å². The number of carbonyl (C=O) groups excluding carboxylic acids is 1. The highest BCUT2D eigenvalue weighted by Crippen LogP contribution is 2.43. The summed E-state index contributed by atoms with van der Waals surface area (Å²) in [4.78, 5) is 11.4. The average Bonchev–Trinajstić information content (AvgIpc) is 3.31. The molecule has 0 bridgehead atoms. The molecule has 0 radical (unpaired) electrons. The number of methoxy groups -OCH3 is 3. The Morgan fingerprint density at radius 3 is 2.19 bits per heavy atom. The number of hydrogen-bond acceptors (Lipinski definition) is 5. The van der Waals surface area contributed by atoms with Crippen molar-refractivity contribution in [3.05, 3.63) is 59.6 Å². The Kier molecular flexibility index (Phi) is 8.57. The molecule has 1 heterocycles. The molecule has 1 aliphatic heterocycles. The van der Waals surface area contributed by atoms with Crippen molar-refractivity contribution >= 4 is 5.97 Å². The Bertz CT molecular complexity index is 668. The molecule has 0 aliphatic carbocycles. The van der Waals surface area contributed by atoms with Crippen molar-refractivity contribution in [2.75, 3.05) is 21.3 Å². The Balaban J connectivity index is 2.87. The minimum Gasteiger partial charge on any atom is -0.493 e. The minimum absolute atomic E-state index is 0.0931. The highest BCUT2D eigenvalue weighted by atomic mass is 16.6. The number of epoxide rings is 1. The van der Waals surface area contributed by atoms with E-state index in [9.17, 15) is 4.79 Å². The summed E-state index contributed by atoms with van der Waals surface area (Å²) in [7, 11) is 4.31. The van der Waals surface area contributed by atoms with Gasteiger partial charge in [-0.05, 0) is 44.8 Å². The molecular formula is C22H32O5. The van der Waals surface area contributed by atoms with Gasteiger partial charge in [-0.15, -0.1) is 6.58 Å². The fraction of sp³-hybridized carbons (Fsp3) is 0.500. The number of ether oxygens (including phenoxy) is 4. The van der Waals surface area contributed by atoms with E-state index in [4.69, 9.17) is 14.2 Å². The molecule has 0 spiro atoms. The lowest BCUT2D eigenvalue weighted by molar-refractivity contribution is -0.135. The predicted molar refractivity (Wildman–Crippen MR) is 107 cm³/mol. The maximum Gasteiger partial charge on any atom is 0.334 e. The Hall–Kier alpha value is -2.27. The number of rotatable bonds is 10. The van der Waals surface area contributed by atoms with E-state index in [1.807, 2.05) is 25.2 Å². The first-order chi connectivity index (χ1) is 12.7. The van der Waals surface area contributed by atoms with Crippen LogP contribution in [0.3, 0.4) is 0 Å². The van der Waals surface area contributed by atoms with Gasteiger partial charge in [0.1, 0.15) is 6.10 Å². The zero-order valence-corrected chi connectivity index (χ0v) is 17.5. The smallest absolute Gasteiger partial charge is 0.334 e. The van der Waals surface area contributed by atoms with Crippen LogP contribution in [0.5, 0.6) is 0 Å². The van der Waals surface area contributed by atoms with Crippen LogP contribution in [0.25, 0.3) is 0 Å². The van der Waals surface area contributed by atoms with E-state index in [-0.39, 0.29) is 11.7 Å². The molecule has 3 atom stereocenters. The van der Waals surface area contributed by atoms with Gasteiger partial charge in [-0.1, -0.05) is 30.7 Å². The van der Waals surface area contributed by atoms with Crippen molar-refractivity contribution < 1.29 is 23.7 Å². The number of allylic oxidation sites excluding steroid dienone is 5. The third kappa shape index (κ3) is 6.75. The molecule has 0 saturated carbocycles. The summed E-state index contributed by atoms with van der Waals surface area (Å²) in [6.45, 7) is 12.2. The number of carbonyl (C=O) groups is 1. The predicted octanol–water partition coefficient (Wildman–Crippen LogP) is 4.48. The van der Waals surface area contributed by atoms with Crippen LogP contribution < -0.4 is 0 Å². The molecule has 1 fully saturated rings. The molecule has 1 aliphatic rings. The second-order valence-corrected chi connectivity index (χ2v) is 6.96. The van der Waals surface area contributed by atoms with Crippen LogP contribution in [0.2, 0.25) is 0 Å². The highest BCUT2D eigenvalue weighted by Gasteiger charge is 2.50. The summed E-state index contributed by atoms with van der Waals surface area (Å²) < 4.78 is 20.9. The molecule has 0 amide bonds. The minimum atomic E-state index is -0.505. The fourth-order valence-corrected chi connectivity index (χ4v) is 2.80. The van der Waals surface area contributed by atoms with E-state index in [0.29, 0.717) is 17.4 Å². The molecule has 1 saturated heterocycles. The standard InChI is InChI=1S/C22H32O5/c1-9-20-22(5,27-20)14-17(4)16(3)11-10-15(2)12-18(24-6)19(25-7)13-21(23)26-8/h9-13,17,20H,1,14H2,2-8H3/b15-10-,16-11+,18-12-,19-13-.